The Bertz CT molecular complexity index is 336. The maximum Gasteiger partial charge on any atom is 0.127 e. The molecule has 0 aliphatic heterocycles. The number of hydrogen-bond acceptors (Lipinski definition) is 3. The van der Waals surface area contributed by atoms with Crippen LogP contribution in [0.4, 0.5) is 4.39 Å². The molecule has 1 aromatic rings. The van der Waals surface area contributed by atoms with E-state index in [0.29, 0.717) is 18.7 Å². The van der Waals surface area contributed by atoms with Gasteiger partial charge in [0.05, 0.1) is 12.7 Å². The van der Waals surface area contributed by atoms with Gasteiger partial charge in [-0.1, -0.05) is 15.9 Å². The molecule has 16 heavy (non-hydrogen) atoms. The second-order valence-corrected chi connectivity index (χ2v) is 4.39. The van der Waals surface area contributed by atoms with Crippen molar-refractivity contribution in [2.24, 2.45) is 0 Å². The number of ether oxygens (including phenoxy) is 1. The van der Waals surface area contributed by atoms with Crippen LogP contribution in [0, 0.1) is 5.82 Å². The Labute approximate surface area is 103 Å². The Balaban J connectivity index is 2.39. The Morgan fingerprint density at radius 2 is 2.31 bits per heavy atom. The molecule has 5 heteroatoms. The molecule has 1 atom stereocenters. The predicted octanol–water partition coefficient (Wildman–Crippen LogP) is 1.69. The Morgan fingerprint density at radius 1 is 1.56 bits per heavy atom. The minimum absolute atomic E-state index is 0.253. The molecule has 90 valence electrons. The maximum atomic E-state index is 13.3. The van der Waals surface area contributed by atoms with Crippen LogP contribution < -0.4 is 5.32 Å². The van der Waals surface area contributed by atoms with Gasteiger partial charge in [-0.05, 0) is 18.2 Å². The lowest BCUT2D eigenvalue weighted by atomic mass is 10.2. The summed E-state index contributed by atoms with van der Waals surface area (Å²) < 4.78 is 18.9. The van der Waals surface area contributed by atoms with Crippen LogP contribution in [0.15, 0.2) is 22.7 Å². The Kier molecular flexibility index (Phi) is 5.90. The van der Waals surface area contributed by atoms with Gasteiger partial charge in [-0.25, -0.2) is 4.39 Å². The SMILES string of the molecule is COCC(O)CNCc1cc(Br)ccc1F. The summed E-state index contributed by atoms with van der Waals surface area (Å²) in [6.45, 7) is 1.03. The van der Waals surface area contributed by atoms with Crippen molar-refractivity contribution >= 4 is 15.9 Å². The summed E-state index contributed by atoms with van der Waals surface area (Å²) >= 11 is 3.28. The van der Waals surface area contributed by atoms with Crippen LogP contribution in [0.3, 0.4) is 0 Å². The Morgan fingerprint density at radius 3 is 3.00 bits per heavy atom. The van der Waals surface area contributed by atoms with Crippen molar-refractivity contribution < 1.29 is 14.2 Å². The van der Waals surface area contributed by atoms with Gasteiger partial charge in [0.2, 0.25) is 0 Å². The molecular formula is C11H15BrFNO2. The molecule has 0 spiro atoms. The molecule has 0 fully saturated rings. The van der Waals surface area contributed by atoms with Gasteiger partial charge < -0.3 is 15.2 Å². The molecule has 0 heterocycles. The lowest BCUT2D eigenvalue weighted by molar-refractivity contribution is 0.0643. The summed E-state index contributed by atoms with van der Waals surface area (Å²) in [4.78, 5) is 0. The first-order valence-electron chi connectivity index (χ1n) is 4.95. The van der Waals surface area contributed by atoms with E-state index in [4.69, 9.17) is 4.74 Å². The summed E-state index contributed by atoms with van der Waals surface area (Å²) in [6.07, 6.45) is -0.569. The van der Waals surface area contributed by atoms with E-state index in [1.54, 1.807) is 12.1 Å². The van der Waals surface area contributed by atoms with E-state index in [0.717, 1.165) is 4.47 Å². The third-order valence-corrected chi connectivity index (χ3v) is 2.56. The van der Waals surface area contributed by atoms with Crippen LogP contribution in [0.5, 0.6) is 0 Å². The quantitative estimate of drug-likeness (QED) is 0.838. The van der Waals surface area contributed by atoms with E-state index < -0.39 is 6.10 Å². The molecule has 1 unspecified atom stereocenters. The normalized spacial score (nSPS) is 12.8. The zero-order valence-electron chi connectivity index (χ0n) is 9.04. The summed E-state index contributed by atoms with van der Waals surface area (Å²) in [5.41, 5.74) is 0.569. The first kappa shape index (κ1) is 13.6. The fourth-order valence-corrected chi connectivity index (χ4v) is 1.71. The molecule has 0 amide bonds. The molecule has 0 radical (unpaired) electrons. The molecule has 0 aromatic heterocycles. The van der Waals surface area contributed by atoms with Crippen molar-refractivity contribution in [3.05, 3.63) is 34.1 Å². The average molecular weight is 292 g/mol. The number of aliphatic hydroxyl groups excluding tert-OH is 1. The molecular weight excluding hydrogens is 277 g/mol. The van der Waals surface area contributed by atoms with Crippen LogP contribution in [0.2, 0.25) is 0 Å². The summed E-state index contributed by atoms with van der Waals surface area (Å²) in [5.74, 6) is -0.253. The first-order chi connectivity index (χ1) is 7.63. The van der Waals surface area contributed by atoms with Crippen LogP contribution in [-0.4, -0.2) is 31.5 Å². The predicted molar refractivity (Wildman–Crippen MR) is 63.7 cm³/mol. The molecule has 0 saturated carbocycles. The van der Waals surface area contributed by atoms with E-state index in [1.165, 1.54) is 13.2 Å². The second-order valence-electron chi connectivity index (χ2n) is 3.48. The van der Waals surface area contributed by atoms with Gasteiger partial charge in [-0.15, -0.1) is 0 Å². The van der Waals surface area contributed by atoms with Crippen LogP contribution in [-0.2, 0) is 11.3 Å². The van der Waals surface area contributed by atoms with Crippen LogP contribution in [0.25, 0.3) is 0 Å². The zero-order valence-corrected chi connectivity index (χ0v) is 10.6. The van der Waals surface area contributed by atoms with E-state index in [9.17, 15) is 9.50 Å². The van der Waals surface area contributed by atoms with Crippen molar-refractivity contribution in [1.29, 1.82) is 0 Å². The summed E-state index contributed by atoms with van der Waals surface area (Å²) in [5, 5.41) is 12.3. The molecule has 0 bridgehead atoms. The Hall–Kier alpha value is -0.490. The van der Waals surface area contributed by atoms with Crippen molar-refractivity contribution in [2.45, 2.75) is 12.6 Å². The highest BCUT2D eigenvalue weighted by Crippen LogP contribution is 2.15. The summed E-state index contributed by atoms with van der Waals surface area (Å²) in [6, 6.07) is 4.77. The third-order valence-electron chi connectivity index (χ3n) is 2.06. The maximum absolute atomic E-state index is 13.3. The van der Waals surface area contributed by atoms with Crippen LogP contribution >= 0.6 is 15.9 Å². The minimum Gasteiger partial charge on any atom is -0.389 e. The number of methoxy groups -OCH3 is 1. The number of halogens is 2. The molecule has 1 aromatic carbocycles. The number of aliphatic hydroxyl groups is 1. The van der Waals surface area contributed by atoms with Gasteiger partial charge >= 0.3 is 0 Å². The summed E-state index contributed by atoms with van der Waals surface area (Å²) in [7, 11) is 1.52. The molecule has 0 aliphatic carbocycles. The van der Waals surface area contributed by atoms with E-state index in [-0.39, 0.29) is 12.4 Å². The van der Waals surface area contributed by atoms with Gasteiger partial charge in [0.15, 0.2) is 0 Å². The standard InChI is InChI=1S/C11H15BrFNO2/c1-16-7-10(15)6-14-5-8-4-9(12)2-3-11(8)13/h2-4,10,14-15H,5-7H2,1H3. The molecule has 1 rings (SSSR count). The second kappa shape index (κ2) is 6.96. The number of rotatable bonds is 6. The van der Waals surface area contributed by atoms with Gasteiger partial charge in [-0.3, -0.25) is 0 Å². The van der Waals surface area contributed by atoms with E-state index in [2.05, 4.69) is 21.2 Å². The monoisotopic (exact) mass is 291 g/mol. The first-order valence-corrected chi connectivity index (χ1v) is 5.74. The number of hydrogen-bond donors (Lipinski definition) is 2. The fraction of sp³-hybridized carbons (Fsp3) is 0.455. The largest absolute Gasteiger partial charge is 0.389 e. The molecule has 2 N–H and O–H groups in total. The smallest absolute Gasteiger partial charge is 0.127 e. The van der Waals surface area contributed by atoms with E-state index >= 15 is 0 Å². The highest BCUT2D eigenvalue weighted by molar-refractivity contribution is 9.10. The highest BCUT2D eigenvalue weighted by atomic mass is 79.9. The van der Waals surface area contributed by atoms with Gasteiger partial charge in [-0.2, -0.15) is 0 Å². The molecule has 0 saturated heterocycles. The molecule has 0 aliphatic rings. The topological polar surface area (TPSA) is 41.5 Å². The van der Waals surface area contributed by atoms with Crippen molar-refractivity contribution in [3.63, 3.8) is 0 Å². The van der Waals surface area contributed by atoms with Gasteiger partial charge in [0, 0.05) is 30.2 Å². The highest BCUT2D eigenvalue weighted by Gasteiger charge is 2.05. The van der Waals surface area contributed by atoms with Crippen LogP contribution in [0.1, 0.15) is 5.56 Å². The lowest BCUT2D eigenvalue weighted by Gasteiger charge is -2.11. The van der Waals surface area contributed by atoms with Gasteiger partial charge in [0.25, 0.3) is 0 Å². The van der Waals surface area contributed by atoms with E-state index in [1.807, 2.05) is 0 Å². The average Bonchev–Trinajstić information content (AvgIpc) is 2.23. The fourth-order valence-electron chi connectivity index (χ4n) is 1.30. The van der Waals surface area contributed by atoms with Crippen molar-refractivity contribution in [3.8, 4) is 0 Å². The third kappa shape index (κ3) is 4.57. The van der Waals surface area contributed by atoms with Crippen molar-refractivity contribution in [2.75, 3.05) is 20.3 Å². The number of benzene rings is 1. The zero-order chi connectivity index (χ0) is 12.0. The number of nitrogens with one attached hydrogen (secondary N) is 1. The van der Waals surface area contributed by atoms with Crippen molar-refractivity contribution in [1.82, 2.24) is 5.32 Å². The molecule has 3 nitrogen and oxygen atoms in total. The van der Waals surface area contributed by atoms with Gasteiger partial charge in [0.1, 0.15) is 5.82 Å². The minimum atomic E-state index is -0.569. The lowest BCUT2D eigenvalue weighted by Crippen LogP contribution is -2.29.